The molecule has 0 heterocycles. The van der Waals surface area contributed by atoms with Gasteiger partial charge in [-0.2, -0.15) is 0 Å². The van der Waals surface area contributed by atoms with Crippen LogP contribution in [0.1, 0.15) is 39.2 Å². The Hall–Kier alpha value is -2.21. The molecule has 6 heteroatoms. The Morgan fingerprint density at radius 1 is 1.17 bits per heavy atom. The topological polar surface area (TPSA) is 89.7 Å². The van der Waals surface area contributed by atoms with Crippen LogP contribution < -0.4 is 5.73 Å². The molecule has 0 saturated carbocycles. The molecule has 1 atom stereocenters. The summed E-state index contributed by atoms with van der Waals surface area (Å²) in [4.78, 5) is 37.1. The van der Waals surface area contributed by atoms with Gasteiger partial charge < -0.3 is 10.5 Å². The zero-order valence-corrected chi connectivity index (χ0v) is 14.5. The molecule has 0 aliphatic carbocycles. The van der Waals surface area contributed by atoms with E-state index >= 15 is 0 Å². The zero-order chi connectivity index (χ0) is 18.1. The van der Waals surface area contributed by atoms with Crippen molar-refractivity contribution in [3.63, 3.8) is 0 Å². The number of amides is 1. The predicted molar refractivity (Wildman–Crippen MR) is 91.0 cm³/mol. The quantitative estimate of drug-likeness (QED) is 0.519. The zero-order valence-electron chi connectivity index (χ0n) is 14.5. The summed E-state index contributed by atoms with van der Waals surface area (Å²) in [6.45, 7) is 5.82. The molecule has 6 nitrogen and oxygen atoms in total. The highest BCUT2D eigenvalue weighted by atomic mass is 16.5. The molecule has 132 valence electrons. The average Bonchev–Trinajstić information content (AvgIpc) is 2.47. The molecule has 0 saturated heterocycles. The number of ketones is 1. The second kappa shape index (κ2) is 9.82. The van der Waals surface area contributed by atoms with E-state index in [1.54, 1.807) is 18.7 Å². The van der Waals surface area contributed by atoms with Crippen molar-refractivity contribution >= 4 is 17.7 Å². The van der Waals surface area contributed by atoms with Gasteiger partial charge in [0, 0.05) is 6.54 Å². The molecule has 2 N–H and O–H groups in total. The van der Waals surface area contributed by atoms with Crippen molar-refractivity contribution in [3.05, 3.63) is 35.9 Å². The van der Waals surface area contributed by atoms with Gasteiger partial charge in [0.05, 0.1) is 19.1 Å². The maximum absolute atomic E-state index is 12.4. The average molecular weight is 334 g/mol. The Morgan fingerprint density at radius 2 is 1.79 bits per heavy atom. The summed E-state index contributed by atoms with van der Waals surface area (Å²) in [6, 6.07) is 8.98. The van der Waals surface area contributed by atoms with Crippen molar-refractivity contribution in [3.8, 4) is 0 Å². The van der Waals surface area contributed by atoms with Gasteiger partial charge in [-0.05, 0) is 25.8 Å². The second-order valence-electron chi connectivity index (χ2n) is 5.98. The number of ether oxygens (including phenoxy) is 1. The molecule has 1 unspecified atom stereocenters. The summed E-state index contributed by atoms with van der Waals surface area (Å²) >= 11 is 0. The van der Waals surface area contributed by atoms with Crippen molar-refractivity contribution < 1.29 is 19.1 Å². The Balaban J connectivity index is 2.94. The van der Waals surface area contributed by atoms with Crippen LogP contribution in [0, 0.1) is 0 Å². The van der Waals surface area contributed by atoms with E-state index in [1.807, 2.05) is 37.3 Å². The minimum Gasteiger partial charge on any atom is -0.462 e. The largest absolute Gasteiger partial charge is 0.462 e. The van der Waals surface area contributed by atoms with Crippen LogP contribution in [0.3, 0.4) is 0 Å². The van der Waals surface area contributed by atoms with E-state index in [0.29, 0.717) is 13.0 Å². The first-order valence-corrected chi connectivity index (χ1v) is 8.12. The molecule has 0 spiro atoms. The number of hydrogen-bond donors (Lipinski definition) is 1. The number of nitrogens with two attached hydrogens (primary N) is 1. The van der Waals surface area contributed by atoms with Crippen LogP contribution in [0.5, 0.6) is 0 Å². The second-order valence-corrected chi connectivity index (χ2v) is 5.98. The van der Waals surface area contributed by atoms with Crippen LogP contribution in [0.4, 0.5) is 0 Å². The van der Waals surface area contributed by atoms with Crippen LogP contribution in [0.15, 0.2) is 30.3 Å². The van der Waals surface area contributed by atoms with Gasteiger partial charge in [0.1, 0.15) is 6.04 Å². The fraction of sp³-hybridized carbons (Fsp3) is 0.500. The van der Waals surface area contributed by atoms with E-state index < -0.39 is 11.9 Å². The molecule has 0 aliphatic heterocycles. The highest BCUT2D eigenvalue weighted by molar-refractivity contribution is 5.98. The van der Waals surface area contributed by atoms with E-state index in [0.717, 1.165) is 5.56 Å². The SMILES string of the molecule is CCC(C(=O)OC(C)C)N(CC(=O)CC(N)=O)Cc1ccccc1. The van der Waals surface area contributed by atoms with E-state index in [1.165, 1.54) is 0 Å². The Kier molecular flexibility index (Phi) is 8.12. The highest BCUT2D eigenvalue weighted by Gasteiger charge is 2.28. The van der Waals surface area contributed by atoms with Crippen LogP contribution in [0.25, 0.3) is 0 Å². The fourth-order valence-electron chi connectivity index (χ4n) is 2.46. The summed E-state index contributed by atoms with van der Waals surface area (Å²) < 4.78 is 5.30. The molecule has 1 aromatic carbocycles. The third-order valence-electron chi connectivity index (χ3n) is 3.43. The number of carbonyl (C=O) groups excluding carboxylic acids is 3. The maximum Gasteiger partial charge on any atom is 0.323 e. The Bertz CT molecular complexity index is 557. The first-order valence-electron chi connectivity index (χ1n) is 8.12. The van der Waals surface area contributed by atoms with Gasteiger partial charge in [-0.3, -0.25) is 19.3 Å². The number of benzene rings is 1. The van der Waals surface area contributed by atoms with E-state index in [2.05, 4.69) is 0 Å². The van der Waals surface area contributed by atoms with Gasteiger partial charge in [-0.15, -0.1) is 0 Å². The van der Waals surface area contributed by atoms with E-state index in [-0.39, 0.29) is 30.8 Å². The van der Waals surface area contributed by atoms with Crippen LogP contribution >= 0.6 is 0 Å². The normalized spacial score (nSPS) is 12.2. The first-order chi connectivity index (χ1) is 11.3. The molecule has 1 amide bonds. The number of carbonyl (C=O) groups is 3. The van der Waals surface area contributed by atoms with Crippen LogP contribution in [-0.2, 0) is 25.7 Å². The van der Waals surface area contributed by atoms with Gasteiger partial charge in [0.25, 0.3) is 0 Å². The third-order valence-corrected chi connectivity index (χ3v) is 3.43. The number of esters is 1. The minimum atomic E-state index is -0.669. The molecule has 1 aromatic rings. The molecule has 24 heavy (non-hydrogen) atoms. The van der Waals surface area contributed by atoms with Crippen LogP contribution in [-0.4, -0.2) is 41.3 Å². The number of nitrogens with zero attached hydrogens (tertiary/aromatic N) is 1. The first kappa shape index (κ1) is 19.8. The molecule has 0 radical (unpaired) electrons. The van der Waals surface area contributed by atoms with Crippen molar-refractivity contribution in [2.45, 2.75) is 52.3 Å². The van der Waals surface area contributed by atoms with Crippen molar-refractivity contribution in [2.75, 3.05) is 6.54 Å². The van der Waals surface area contributed by atoms with Gasteiger partial charge in [-0.1, -0.05) is 37.3 Å². The van der Waals surface area contributed by atoms with Gasteiger partial charge in [0.2, 0.25) is 5.91 Å². The standard InChI is InChI=1S/C18H26N2O4/c1-4-16(18(23)24-13(2)3)20(12-15(21)10-17(19)22)11-14-8-6-5-7-9-14/h5-9,13,16H,4,10-12H2,1-3H3,(H2,19,22). The number of Topliss-reactive ketones (excluding diaryl/α,β-unsaturated/α-hetero) is 1. The summed E-state index contributed by atoms with van der Waals surface area (Å²) in [5, 5.41) is 0. The fourth-order valence-corrected chi connectivity index (χ4v) is 2.46. The van der Waals surface area contributed by atoms with Crippen LogP contribution in [0.2, 0.25) is 0 Å². The number of primary amides is 1. The molecular formula is C18H26N2O4. The van der Waals surface area contributed by atoms with E-state index in [4.69, 9.17) is 10.5 Å². The predicted octanol–water partition coefficient (Wildman–Crippen LogP) is 1.66. The molecular weight excluding hydrogens is 308 g/mol. The lowest BCUT2D eigenvalue weighted by Crippen LogP contribution is -2.45. The van der Waals surface area contributed by atoms with Gasteiger partial charge >= 0.3 is 5.97 Å². The van der Waals surface area contributed by atoms with Crippen molar-refractivity contribution in [2.24, 2.45) is 5.73 Å². The van der Waals surface area contributed by atoms with Crippen molar-refractivity contribution in [1.82, 2.24) is 4.90 Å². The smallest absolute Gasteiger partial charge is 0.323 e. The summed E-state index contributed by atoms with van der Waals surface area (Å²) in [5.41, 5.74) is 6.06. The molecule has 0 aliphatic rings. The third kappa shape index (κ3) is 6.91. The molecule has 1 rings (SSSR count). The summed E-state index contributed by atoms with van der Waals surface area (Å²) in [6.07, 6.45) is -0.0603. The molecule has 0 aromatic heterocycles. The number of hydrogen-bond acceptors (Lipinski definition) is 5. The molecule has 0 fully saturated rings. The Morgan fingerprint density at radius 3 is 2.29 bits per heavy atom. The molecule has 0 bridgehead atoms. The maximum atomic E-state index is 12.4. The number of rotatable bonds is 10. The monoisotopic (exact) mass is 334 g/mol. The Labute approximate surface area is 143 Å². The lowest BCUT2D eigenvalue weighted by molar-refractivity contribution is -0.154. The summed E-state index contributed by atoms with van der Waals surface area (Å²) in [7, 11) is 0. The van der Waals surface area contributed by atoms with Gasteiger partial charge in [-0.25, -0.2) is 0 Å². The minimum absolute atomic E-state index is 0.0243. The van der Waals surface area contributed by atoms with Gasteiger partial charge in [0.15, 0.2) is 5.78 Å². The van der Waals surface area contributed by atoms with E-state index in [9.17, 15) is 14.4 Å². The lowest BCUT2D eigenvalue weighted by Gasteiger charge is -2.29. The summed E-state index contributed by atoms with van der Waals surface area (Å²) in [5.74, 6) is -1.35. The highest BCUT2D eigenvalue weighted by Crippen LogP contribution is 2.14. The van der Waals surface area contributed by atoms with Crippen molar-refractivity contribution in [1.29, 1.82) is 0 Å². The lowest BCUT2D eigenvalue weighted by atomic mass is 10.1.